The molecule has 1 aliphatic carbocycles. The number of Topliss-reactive ketones (excluding diaryl/α,β-unsaturated/α-hetero) is 1. The van der Waals surface area contributed by atoms with Crippen molar-refractivity contribution in [2.24, 2.45) is 5.73 Å². The van der Waals surface area contributed by atoms with Crippen molar-refractivity contribution in [3.05, 3.63) is 24.2 Å². The molecular formula is C11H12N4O. The van der Waals surface area contributed by atoms with E-state index in [0.29, 0.717) is 11.6 Å². The molecule has 0 unspecified atom stereocenters. The van der Waals surface area contributed by atoms with Gasteiger partial charge in [0.25, 0.3) is 0 Å². The van der Waals surface area contributed by atoms with Crippen LogP contribution in [0.2, 0.25) is 0 Å². The highest BCUT2D eigenvalue weighted by molar-refractivity contribution is 5.99. The summed E-state index contributed by atoms with van der Waals surface area (Å²) in [5.74, 6) is -0.102. The minimum absolute atomic E-state index is 0.0104. The van der Waals surface area contributed by atoms with Crippen molar-refractivity contribution in [1.29, 1.82) is 0 Å². The molecule has 2 aromatic heterocycles. The molecule has 2 N–H and O–H groups in total. The molecule has 0 atom stereocenters. The molecule has 3 rings (SSSR count). The first kappa shape index (κ1) is 9.47. The minimum atomic E-state index is -0.102. The summed E-state index contributed by atoms with van der Waals surface area (Å²) >= 11 is 0. The van der Waals surface area contributed by atoms with Crippen LogP contribution in [-0.4, -0.2) is 26.9 Å². The highest BCUT2D eigenvalue weighted by Crippen LogP contribution is 2.36. The second kappa shape index (κ2) is 3.38. The van der Waals surface area contributed by atoms with E-state index in [1.54, 1.807) is 18.6 Å². The van der Waals surface area contributed by atoms with E-state index in [4.69, 9.17) is 5.73 Å². The van der Waals surface area contributed by atoms with Crippen molar-refractivity contribution < 1.29 is 4.79 Å². The van der Waals surface area contributed by atoms with E-state index in [9.17, 15) is 4.79 Å². The summed E-state index contributed by atoms with van der Waals surface area (Å²) in [6, 6.07) is 2.31. The van der Waals surface area contributed by atoms with Crippen LogP contribution < -0.4 is 5.73 Å². The van der Waals surface area contributed by atoms with E-state index in [1.165, 1.54) is 12.8 Å². The van der Waals surface area contributed by atoms with Gasteiger partial charge in [0.2, 0.25) is 0 Å². The molecule has 0 bridgehead atoms. The number of fused-ring (bicyclic) bond motifs is 1. The van der Waals surface area contributed by atoms with E-state index >= 15 is 0 Å². The molecule has 2 heterocycles. The Bertz CT molecular complexity index is 556. The second-order valence-electron chi connectivity index (χ2n) is 4.08. The predicted molar refractivity (Wildman–Crippen MR) is 59.2 cm³/mol. The third kappa shape index (κ3) is 1.40. The number of aromatic nitrogens is 3. The molecule has 2 aromatic rings. The Balaban J connectivity index is 2.09. The van der Waals surface area contributed by atoms with Gasteiger partial charge in [-0.25, -0.2) is 9.97 Å². The number of nitrogens with two attached hydrogens (primary N) is 1. The fraction of sp³-hybridized carbons (Fsp3) is 0.364. The first-order chi connectivity index (χ1) is 7.79. The lowest BCUT2D eigenvalue weighted by molar-refractivity contribution is 0.100. The van der Waals surface area contributed by atoms with Crippen LogP contribution in [0.25, 0.3) is 11.2 Å². The van der Waals surface area contributed by atoms with Gasteiger partial charge in [0.05, 0.1) is 12.9 Å². The number of imidazole rings is 1. The highest BCUT2D eigenvalue weighted by atomic mass is 16.1. The van der Waals surface area contributed by atoms with Gasteiger partial charge in [-0.2, -0.15) is 0 Å². The van der Waals surface area contributed by atoms with Crippen LogP contribution in [0, 0.1) is 0 Å². The molecule has 1 fully saturated rings. The number of pyridine rings is 1. The standard InChI is InChI=1S/C11H12N4O/c12-4-10(16)7-3-9-11(13-5-7)15(6-14-9)8-1-2-8/h3,5-6,8H,1-2,4,12H2. The zero-order valence-corrected chi connectivity index (χ0v) is 8.76. The molecule has 16 heavy (non-hydrogen) atoms. The molecule has 0 aliphatic heterocycles. The van der Waals surface area contributed by atoms with Gasteiger partial charge in [-0.3, -0.25) is 4.79 Å². The molecule has 0 radical (unpaired) electrons. The fourth-order valence-corrected chi connectivity index (χ4v) is 1.81. The summed E-state index contributed by atoms with van der Waals surface area (Å²) in [7, 11) is 0. The van der Waals surface area contributed by atoms with Crippen molar-refractivity contribution in [2.75, 3.05) is 6.54 Å². The number of rotatable bonds is 3. The van der Waals surface area contributed by atoms with Crippen LogP contribution in [0.3, 0.4) is 0 Å². The Morgan fingerprint density at radius 3 is 3.00 bits per heavy atom. The van der Waals surface area contributed by atoms with Gasteiger partial charge in [0.1, 0.15) is 5.52 Å². The lowest BCUT2D eigenvalue weighted by Gasteiger charge is -2.00. The highest BCUT2D eigenvalue weighted by Gasteiger charge is 2.25. The molecule has 5 nitrogen and oxygen atoms in total. The number of nitrogens with zero attached hydrogens (tertiary/aromatic N) is 3. The number of carbonyl (C=O) groups is 1. The van der Waals surface area contributed by atoms with Gasteiger partial charge in [0, 0.05) is 17.8 Å². The Labute approximate surface area is 92.3 Å². The summed E-state index contributed by atoms with van der Waals surface area (Å²) in [6.45, 7) is 0.0104. The van der Waals surface area contributed by atoms with Gasteiger partial charge in [-0.15, -0.1) is 0 Å². The van der Waals surface area contributed by atoms with Crippen molar-refractivity contribution >= 4 is 16.9 Å². The molecular weight excluding hydrogens is 204 g/mol. The SMILES string of the molecule is NCC(=O)c1cnc2c(c1)ncn2C1CC1. The van der Waals surface area contributed by atoms with Crippen molar-refractivity contribution in [3.8, 4) is 0 Å². The average Bonchev–Trinajstić information content (AvgIpc) is 3.08. The van der Waals surface area contributed by atoms with Crippen LogP contribution in [-0.2, 0) is 0 Å². The molecule has 1 aliphatic rings. The molecule has 0 amide bonds. The topological polar surface area (TPSA) is 73.8 Å². The Morgan fingerprint density at radius 1 is 1.50 bits per heavy atom. The summed E-state index contributed by atoms with van der Waals surface area (Å²) in [6.07, 6.45) is 5.76. The Morgan fingerprint density at radius 2 is 2.31 bits per heavy atom. The summed E-state index contributed by atoms with van der Waals surface area (Å²) in [5.41, 5.74) is 7.47. The smallest absolute Gasteiger partial charge is 0.178 e. The van der Waals surface area contributed by atoms with Crippen LogP contribution in [0.1, 0.15) is 29.2 Å². The lowest BCUT2D eigenvalue weighted by Crippen LogP contribution is -2.13. The first-order valence-electron chi connectivity index (χ1n) is 5.35. The average molecular weight is 216 g/mol. The van der Waals surface area contributed by atoms with Crippen LogP contribution in [0.15, 0.2) is 18.6 Å². The number of ketones is 1. The summed E-state index contributed by atoms with van der Waals surface area (Å²) in [5, 5.41) is 0. The Hall–Kier alpha value is -1.75. The maximum atomic E-state index is 11.4. The van der Waals surface area contributed by atoms with Gasteiger partial charge in [-0.05, 0) is 18.9 Å². The lowest BCUT2D eigenvalue weighted by atomic mass is 10.2. The Kier molecular flexibility index (Phi) is 2.00. The first-order valence-corrected chi connectivity index (χ1v) is 5.35. The fourth-order valence-electron chi connectivity index (χ4n) is 1.81. The normalized spacial score (nSPS) is 15.6. The van der Waals surface area contributed by atoms with E-state index < -0.39 is 0 Å². The van der Waals surface area contributed by atoms with E-state index in [2.05, 4.69) is 14.5 Å². The maximum Gasteiger partial charge on any atom is 0.178 e. The van der Waals surface area contributed by atoms with Crippen LogP contribution >= 0.6 is 0 Å². The molecule has 82 valence electrons. The van der Waals surface area contributed by atoms with E-state index in [-0.39, 0.29) is 12.3 Å². The van der Waals surface area contributed by atoms with Crippen molar-refractivity contribution in [1.82, 2.24) is 14.5 Å². The van der Waals surface area contributed by atoms with E-state index in [1.807, 2.05) is 0 Å². The third-order valence-corrected chi connectivity index (χ3v) is 2.86. The zero-order chi connectivity index (χ0) is 11.1. The minimum Gasteiger partial charge on any atom is -0.324 e. The summed E-state index contributed by atoms with van der Waals surface area (Å²) in [4.78, 5) is 20.0. The number of hydrogen-bond acceptors (Lipinski definition) is 4. The number of carbonyl (C=O) groups excluding carboxylic acids is 1. The van der Waals surface area contributed by atoms with Gasteiger partial charge >= 0.3 is 0 Å². The van der Waals surface area contributed by atoms with Crippen molar-refractivity contribution in [3.63, 3.8) is 0 Å². The molecule has 1 saturated carbocycles. The molecule has 0 spiro atoms. The van der Waals surface area contributed by atoms with Gasteiger partial charge < -0.3 is 10.3 Å². The van der Waals surface area contributed by atoms with Crippen molar-refractivity contribution in [2.45, 2.75) is 18.9 Å². The summed E-state index contributed by atoms with van der Waals surface area (Å²) < 4.78 is 2.08. The van der Waals surface area contributed by atoms with E-state index in [0.717, 1.165) is 11.2 Å². The zero-order valence-electron chi connectivity index (χ0n) is 8.76. The number of hydrogen-bond donors (Lipinski definition) is 1. The quantitative estimate of drug-likeness (QED) is 0.774. The molecule has 0 aromatic carbocycles. The van der Waals surface area contributed by atoms with Gasteiger partial charge in [0.15, 0.2) is 11.4 Å². The van der Waals surface area contributed by atoms with Crippen LogP contribution in [0.4, 0.5) is 0 Å². The second-order valence-corrected chi connectivity index (χ2v) is 4.08. The molecule has 5 heteroatoms. The molecule has 0 saturated heterocycles. The maximum absolute atomic E-state index is 11.4. The monoisotopic (exact) mass is 216 g/mol. The third-order valence-electron chi connectivity index (χ3n) is 2.86. The van der Waals surface area contributed by atoms with Crippen LogP contribution in [0.5, 0.6) is 0 Å². The van der Waals surface area contributed by atoms with Gasteiger partial charge in [-0.1, -0.05) is 0 Å². The largest absolute Gasteiger partial charge is 0.324 e. The predicted octanol–water partition coefficient (Wildman–Crippen LogP) is 0.908.